The van der Waals surface area contributed by atoms with E-state index in [0.717, 1.165) is 0 Å². The first-order valence-corrected chi connectivity index (χ1v) is 8.88. The lowest BCUT2D eigenvalue weighted by atomic mass is 10.5. The average molecular weight is 134 g/mol. The molecule has 0 saturated heterocycles. The number of hydrogen-bond acceptors (Lipinski definition) is 1. The SMILES string of the molecule is C[SiH2][SiH2]OC(C)C. The van der Waals surface area contributed by atoms with Crippen LogP contribution in [0.4, 0.5) is 0 Å². The Morgan fingerprint density at radius 2 is 2.00 bits per heavy atom. The molecule has 0 atom stereocenters. The van der Waals surface area contributed by atoms with Gasteiger partial charge in [-0.15, -0.1) is 0 Å². The Kier molecular flexibility index (Phi) is 4.81. The zero-order valence-corrected chi connectivity index (χ0v) is 8.23. The highest BCUT2D eigenvalue weighted by atomic mass is 29.2. The van der Waals surface area contributed by atoms with Gasteiger partial charge in [-0.3, -0.25) is 0 Å². The van der Waals surface area contributed by atoms with Gasteiger partial charge in [0.1, 0.15) is 9.28 Å². The molecule has 0 rings (SSSR count). The van der Waals surface area contributed by atoms with Crippen LogP contribution in [0.15, 0.2) is 0 Å². The summed E-state index contributed by atoms with van der Waals surface area (Å²) in [5, 5.41) is 0. The van der Waals surface area contributed by atoms with E-state index in [4.69, 9.17) is 4.43 Å². The van der Waals surface area contributed by atoms with Crippen molar-refractivity contribution in [1.29, 1.82) is 0 Å². The first kappa shape index (κ1) is 7.39. The van der Waals surface area contributed by atoms with Gasteiger partial charge >= 0.3 is 0 Å². The molecule has 0 unspecified atom stereocenters. The highest BCUT2D eigenvalue weighted by Crippen LogP contribution is 1.81. The fraction of sp³-hybridized carbons (Fsp3) is 1.00. The summed E-state index contributed by atoms with van der Waals surface area (Å²) in [5.41, 5.74) is 0. The molecule has 7 heavy (non-hydrogen) atoms. The highest BCUT2D eigenvalue weighted by Gasteiger charge is 1.88. The molecule has 0 N–H and O–H groups in total. The Bertz CT molecular complexity index is 38.7. The second-order valence-electron chi connectivity index (χ2n) is 1.92. The summed E-state index contributed by atoms with van der Waals surface area (Å²) in [4.78, 5) is 0. The molecule has 3 heteroatoms. The summed E-state index contributed by atoms with van der Waals surface area (Å²) in [5.74, 6) is 0. The first-order chi connectivity index (χ1) is 3.27. The normalized spacial score (nSPS) is 13.7. The van der Waals surface area contributed by atoms with Crippen molar-refractivity contribution in [1.82, 2.24) is 0 Å². The van der Waals surface area contributed by atoms with Crippen LogP contribution in [0.3, 0.4) is 0 Å². The van der Waals surface area contributed by atoms with Crippen LogP contribution in [0.2, 0.25) is 6.55 Å². The molecule has 0 amide bonds. The molecule has 0 aromatic heterocycles. The summed E-state index contributed by atoms with van der Waals surface area (Å²) < 4.78 is 5.39. The Morgan fingerprint density at radius 1 is 1.43 bits per heavy atom. The van der Waals surface area contributed by atoms with Crippen molar-refractivity contribution in [2.75, 3.05) is 0 Å². The van der Waals surface area contributed by atoms with Crippen LogP contribution in [0, 0.1) is 0 Å². The maximum Gasteiger partial charge on any atom is 0.143 e. The second kappa shape index (κ2) is 4.55. The topological polar surface area (TPSA) is 9.23 Å². The van der Waals surface area contributed by atoms with Crippen LogP contribution in [-0.4, -0.2) is 24.4 Å². The summed E-state index contributed by atoms with van der Waals surface area (Å²) in [6.45, 7) is 6.53. The zero-order chi connectivity index (χ0) is 5.70. The molecule has 0 aliphatic heterocycles. The molecule has 0 fully saturated rings. The van der Waals surface area contributed by atoms with Gasteiger partial charge in [-0.25, -0.2) is 0 Å². The van der Waals surface area contributed by atoms with Gasteiger partial charge < -0.3 is 4.43 Å². The fourth-order valence-corrected chi connectivity index (χ4v) is 3.18. The fourth-order valence-electron chi connectivity index (χ4n) is 0.354. The van der Waals surface area contributed by atoms with Gasteiger partial charge in [-0.2, -0.15) is 0 Å². The van der Waals surface area contributed by atoms with Gasteiger partial charge in [0.15, 0.2) is 0 Å². The van der Waals surface area contributed by atoms with Gasteiger partial charge in [0.05, 0.1) is 0 Å². The molecule has 0 aliphatic carbocycles. The van der Waals surface area contributed by atoms with Gasteiger partial charge in [0.25, 0.3) is 0 Å². The lowest BCUT2D eigenvalue weighted by Gasteiger charge is -2.03. The number of rotatable bonds is 3. The molecular formula is C4H14OSi2. The Labute approximate surface area is 50.0 Å². The van der Waals surface area contributed by atoms with Crippen LogP contribution in [0.1, 0.15) is 13.8 Å². The van der Waals surface area contributed by atoms with Crippen LogP contribution in [0.25, 0.3) is 0 Å². The maximum atomic E-state index is 5.39. The quantitative estimate of drug-likeness (QED) is 0.479. The van der Waals surface area contributed by atoms with Gasteiger partial charge in [-0.1, -0.05) is 6.55 Å². The molecule has 0 bridgehead atoms. The van der Waals surface area contributed by atoms with E-state index in [1.807, 2.05) is 0 Å². The molecule has 0 saturated carbocycles. The molecule has 0 heterocycles. The van der Waals surface area contributed by atoms with Crippen LogP contribution >= 0.6 is 0 Å². The predicted molar refractivity (Wildman–Crippen MR) is 39.2 cm³/mol. The Hall–Kier alpha value is 0.394. The lowest BCUT2D eigenvalue weighted by Crippen LogP contribution is -2.11. The minimum absolute atomic E-state index is 0.0131. The van der Waals surface area contributed by atoms with Crippen molar-refractivity contribution >= 4 is 18.3 Å². The first-order valence-electron chi connectivity index (χ1n) is 2.89. The standard InChI is InChI=1S/C4H14OSi2/c1-4(2)5-7-6-3/h4H,6-7H2,1-3H3. The van der Waals surface area contributed by atoms with Crippen molar-refractivity contribution in [2.45, 2.75) is 26.5 Å². The molecule has 0 aromatic rings. The van der Waals surface area contributed by atoms with Gasteiger partial charge in [0, 0.05) is 15.1 Å². The predicted octanol–water partition coefficient (Wildman–Crippen LogP) is -0.373. The van der Waals surface area contributed by atoms with Gasteiger partial charge in [-0.05, 0) is 13.8 Å². The summed E-state index contributed by atoms with van der Waals surface area (Å²) in [6.07, 6.45) is 0.499. The van der Waals surface area contributed by atoms with Gasteiger partial charge in [0.2, 0.25) is 0 Å². The van der Waals surface area contributed by atoms with E-state index in [2.05, 4.69) is 20.4 Å². The van der Waals surface area contributed by atoms with Crippen molar-refractivity contribution in [3.63, 3.8) is 0 Å². The van der Waals surface area contributed by atoms with E-state index in [1.54, 1.807) is 0 Å². The third-order valence-electron chi connectivity index (χ3n) is 0.655. The van der Waals surface area contributed by atoms with E-state index in [1.165, 1.54) is 0 Å². The largest absolute Gasteiger partial charge is 0.426 e. The zero-order valence-electron chi connectivity index (χ0n) is 5.40. The third kappa shape index (κ3) is 6.39. The maximum absolute atomic E-state index is 5.39. The molecule has 44 valence electrons. The Morgan fingerprint density at radius 3 is 2.14 bits per heavy atom. The van der Waals surface area contributed by atoms with Crippen molar-refractivity contribution < 1.29 is 4.43 Å². The van der Waals surface area contributed by atoms with Crippen LogP contribution in [-0.2, 0) is 4.43 Å². The minimum atomic E-state index is 0.0131. The van der Waals surface area contributed by atoms with Crippen molar-refractivity contribution in [3.8, 4) is 0 Å². The van der Waals surface area contributed by atoms with E-state index in [9.17, 15) is 0 Å². The minimum Gasteiger partial charge on any atom is -0.426 e. The number of hydrogen-bond donors (Lipinski definition) is 0. The summed E-state index contributed by atoms with van der Waals surface area (Å²) in [7, 11) is 0.301. The van der Waals surface area contributed by atoms with E-state index < -0.39 is 0 Å². The smallest absolute Gasteiger partial charge is 0.143 e. The molecule has 0 aliphatic rings. The lowest BCUT2D eigenvalue weighted by molar-refractivity contribution is 0.263. The van der Waals surface area contributed by atoms with Crippen LogP contribution < -0.4 is 0 Å². The summed E-state index contributed by atoms with van der Waals surface area (Å²) >= 11 is 0. The Balaban J connectivity index is 2.68. The summed E-state index contributed by atoms with van der Waals surface area (Å²) in [6, 6.07) is 0. The average Bonchev–Trinajstić information content (AvgIpc) is 1.61. The van der Waals surface area contributed by atoms with Crippen molar-refractivity contribution in [2.24, 2.45) is 0 Å². The molecule has 0 spiro atoms. The highest BCUT2D eigenvalue weighted by molar-refractivity contribution is 6.96. The van der Waals surface area contributed by atoms with E-state index in [0.29, 0.717) is 6.10 Å². The molecule has 1 nitrogen and oxygen atoms in total. The monoisotopic (exact) mass is 134 g/mol. The molecule has 0 radical (unpaired) electrons. The second-order valence-corrected chi connectivity index (χ2v) is 7.89. The molecule has 0 aromatic carbocycles. The van der Waals surface area contributed by atoms with E-state index in [-0.39, 0.29) is 18.3 Å². The van der Waals surface area contributed by atoms with Crippen molar-refractivity contribution in [3.05, 3.63) is 0 Å². The van der Waals surface area contributed by atoms with E-state index >= 15 is 0 Å². The third-order valence-corrected chi connectivity index (χ3v) is 3.90. The van der Waals surface area contributed by atoms with Crippen LogP contribution in [0.5, 0.6) is 0 Å². The molecular weight excluding hydrogens is 120 g/mol.